The van der Waals surface area contributed by atoms with Gasteiger partial charge in [0.1, 0.15) is 0 Å². The van der Waals surface area contributed by atoms with E-state index in [-0.39, 0.29) is 0 Å². The van der Waals surface area contributed by atoms with Crippen LogP contribution in [0.3, 0.4) is 0 Å². The second kappa shape index (κ2) is 16.3. The largest absolute Gasteiger partial charge is 0.481 e. The molecule has 0 bridgehead atoms. The highest BCUT2D eigenvalue weighted by Crippen LogP contribution is 2.15. The highest BCUT2D eigenvalue weighted by Gasteiger charge is 2.04. The molecule has 2 N–H and O–H groups in total. The molecule has 1 atom stereocenters. The monoisotopic (exact) mass is 310 g/mol. The van der Waals surface area contributed by atoms with Gasteiger partial charge >= 0.3 is 5.97 Å². The van der Waals surface area contributed by atoms with Gasteiger partial charge in [-0.05, 0) is 50.9 Å². The number of carbonyl (C=O) groups is 1. The lowest BCUT2D eigenvalue weighted by molar-refractivity contribution is -0.137. The molecule has 3 nitrogen and oxygen atoms in total. The maximum Gasteiger partial charge on any atom is 0.303 e. The molecule has 0 spiro atoms. The number of aliphatic carboxylic acids is 1. The Morgan fingerprint density at radius 1 is 0.909 bits per heavy atom. The normalized spacial score (nSPS) is 13.2. The Hall–Kier alpha value is -1.09. The van der Waals surface area contributed by atoms with Gasteiger partial charge in [0.2, 0.25) is 0 Å². The van der Waals surface area contributed by atoms with Crippen LogP contribution in [0.4, 0.5) is 0 Å². The van der Waals surface area contributed by atoms with Gasteiger partial charge in [0.05, 0.1) is 0 Å². The Kier molecular flexibility index (Phi) is 15.5. The van der Waals surface area contributed by atoms with Crippen LogP contribution >= 0.6 is 0 Å². The van der Waals surface area contributed by atoms with Crippen molar-refractivity contribution in [2.45, 2.75) is 77.6 Å². The van der Waals surface area contributed by atoms with Crippen molar-refractivity contribution < 1.29 is 15.0 Å². The summed E-state index contributed by atoms with van der Waals surface area (Å²) in [5.74, 6) is -0.162. The Morgan fingerprint density at radius 2 is 1.55 bits per heavy atom. The molecule has 128 valence electrons. The number of rotatable bonds is 15. The molecule has 0 aromatic heterocycles. The zero-order chi connectivity index (χ0) is 16.5. The van der Waals surface area contributed by atoms with Crippen LogP contribution in [0.5, 0.6) is 0 Å². The Labute approximate surface area is 136 Å². The van der Waals surface area contributed by atoms with Crippen LogP contribution in [-0.4, -0.2) is 22.8 Å². The average molecular weight is 310 g/mol. The van der Waals surface area contributed by atoms with Crippen molar-refractivity contribution in [3.8, 4) is 0 Å². The summed E-state index contributed by atoms with van der Waals surface area (Å²) in [6.07, 6.45) is 20.0. The van der Waals surface area contributed by atoms with Crippen molar-refractivity contribution in [1.82, 2.24) is 0 Å². The molecule has 0 saturated carbocycles. The van der Waals surface area contributed by atoms with E-state index < -0.39 is 5.97 Å². The third kappa shape index (κ3) is 17.0. The molecule has 0 aromatic carbocycles. The van der Waals surface area contributed by atoms with Crippen molar-refractivity contribution in [1.29, 1.82) is 0 Å². The van der Waals surface area contributed by atoms with Gasteiger partial charge in [-0.2, -0.15) is 0 Å². The first-order valence-electron chi connectivity index (χ1n) is 8.79. The molecule has 0 radical (unpaired) electrons. The predicted octanol–water partition coefficient (Wildman–Crippen LogP) is 5.10. The fourth-order valence-electron chi connectivity index (χ4n) is 2.33. The van der Waals surface area contributed by atoms with Crippen LogP contribution in [0.25, 0.3) is 0 Å². The van der Waals surface area contributed by atoms with E-state index in [1.165, 1.54) is 19.3 Å². The molecule has 0 saturated heterocycles. The van der Waals surface area contributed by atoms with Crippen LogP contribution in [-0.2, 0) is 4.79 Å². The Balaban J connectivity index is 3.33. The molecule has 1 unspecified atom stereocenters. The third-order valence-electron chi connectivity index (χ3n) is 3.80. The van der Waals surface area contributed by atoms with Gasteiger partial charge < -0.3 is 10.2 Å². The van der Waals surface area contributed by atoms with E-state index in [9.17, 15) is 4.79 Å². The third-order valence-corrected chi connectivity index (χ3v) is 3.80. The standard InChI is InChI=1S/C19H34O3/c1-18(15-16-19(21)22)14-12-10-8-6-4-2-3-5-7-9-11-13-17-20/h3-6,18,20H,2,7-17H2,1H3,(H,21,22). The number of carboxylic acids is 1. The summed E-state index contributed by atoms with van der Waals surface area (Å²) in [7, 11) is 0. The Morgan fingerprint density at radius 3 is 2.14 bits per heavy atom. The topological polar surface area (TPSA) is 57.5 Å². The fourth-order valence-corrected chi connectivity index (χ4v) is 2.33. The molecule has 22 heavy (non-hydrogen) atoms. The van der Waals surface area contributed by atoms with Crippen molar-refractivity contribution in [2.75, 3.05) is 6.61 Å². The van der Waals surface area contributed by atoms with E-state index in [1.807, 2.05) is 0 Å². The minimum Gasteiger partial charge on any atom is -0.481 e. The van der Waals surface area contributed by atoms with Crippen molar-refractivity contribution >= 4 is 5.97 Å². The molecule has 0 rings (SSSR count). The van der Waals surface area contributed by atoms with E-state index in [2.05, 4.69) is 31.2 Å². The summed E-state index contributed by atoms with van der Waals surface area (Å²) in [4.78, 5) is 10.5. The minimum absolute atomic E-state index is 0.299. The van der Waals surface area contributed by atoms with Gasteiger partial charge in [-0.1, -0.05) is 50.5 Å². The van der Waals surface area contributed by atoms with Gasteiger partial charge in [-0.3, -0.25) is 4.79 Å². The lowest BCUT2D eigenvalue weighted by Gasteiger charge is -2.08. The molecule has 0 amide bonds. The number of unbranched alkanes of at least 4 members (excludes halogenated alkanes) is 5. The van der Waals surface area contributed by atoms with Crippen LogP contribution in [0, 0.1) is 5.92 Å². The predicted molar refractivity (Wildman–Crippen MR) is 93.0 cm³/mol. The van der Waals surface area contributed by atoms with Crippen molar-refractivity contribution in [3.05, 3.63) is 24.3 Å². The lowest BCUT2D eigenvalue weighted by atomic mass is 9.98. The quantitative estimate of drug-likeness (QED) is 0.327. The highest BCUT2D eigenvalue weighted by molar-refractivity contribution is 5.66. The molecule has 0 aliphatic rings. The van der Waals surface area contributed by atoms with Gasteiger partial charge in [-0.25, -0.2) is 0 Å². The van der Waals surface area contributed by atoms with E-state index in [0.29, 0.717) is 18.9 Å². The molecule has 0 heterocycles. The van der Waals surface area contributed by atoms with E-state index in [0.717, 1.165) is 44.9 Å². The van der Waals surface area contributed by atoms with Crippen LogP contribution < -0.4 is 0 Å². The maximum atomic E-state index is 10.5. The first-order valence-corrected chi connectivity index (χ1v) is 8.79. The number of carboxylic acid groups (broad SMARTS) is 1. The van der Waals surface area contributed by atoms with Gasteiger partial charge in [-0.15, -0.1) is 0 Å². The summed E-state index contributed by atoms with van der Waals surface area (Å²) < 4.78 is 0. The summed E-state index contributed by atoms with van der Waals surface area (Å²) in [5.41, 5.74) is 0. The summed E-state index contributed by atoms with van der Waals surface area (Å²) >= 11 is 0. The second-order valence-corrected chi connectivity index (χ2v) is 6.07. The molecule has 3 heteroatoms. The number of aliphatic hydroxyl groups is 1. The first-order chi connectivity index (χ1) is 10.7. The van der Waals surface area contributed by atoms with Crippen molar-refractivity contribution in [3.63, 3.8) is 0 Å². The average Bonchev–Trinajstić information content (AvgIpc) is 2.49. The summed E-state index contributed by atoms with van der Waals surface area (Å²) in [6, 6.07) is 0. The molecule has 0 aromatic rings. The number of allylic oxidation sites excluding steroid dienone is 4. The smallest absolute Gasteiger partial charge is 0.303 e. The SMILES string of the molecule is CC(CCCCC=CCC=CCCCCCO)CCC(=O)O. The molecule has 0 aliphatic carbocycles. The van der Waals surface area contributed by atoms with Crippen molar-refractivity contribution in [2.24, 2.45) is 5.92 Å². The van der Waals surface area contributed by atoms with Crippen LogP contribution in [0.15, 0.2) is 24.3 Å². The van der Waals surface area contributed by atoms with Gasteiger partial charge in [0.15, 0.2) is 0 Å². The minimum atomic E-state index is -0.684. The number of aliphatic hydroxyl groups excluding tert-OH is 1. The van der Waals surface area contributed by atoms with Crippen LogP contribution in [0.1, 0.15) is 77.6 Å². The number of hydrogen-bond donors (Lipinski definition) is 2. The zero-order valence-electron chi connectivity index (χ0n) is 14.2. The Bertz CT molecular complexity index is 308. The van der Waals surface area contributed by atoms with Crippen LogP contribution in [0.2, 0.25) is 0 Å². The van der Waals surface area contributed by atoms with Gasteiger partial charge in [0.25, 0.3) is 0 Å². The van der Waals surface area contributed by atoms with E-state index >= 15 is 0 Å². The molecule has 0 fully saturated rings. The first kappa shape index (κ1) is 20.9. The van der Waals surface area contributed by atoms with E-state index in [1.54, 1.807) is 0 Å². The molecular weight excluding hydrogens is 276 g/mol. The van der Waals surface area contributed by atoms with E-state index in [4.69, 9.17) is 10.2 Å². The summed E-state index contributed by atoms with van der Waals surface area (Å²) in [5, 5.41) is 17.3. The zero-order valence-corrected chi connectivity index (χ0v) is 14.2. The summed E-state index contributed by atoms with van der Waals surface area (Å²) in [6.45, 7) is 2.45. The molecule has 0 aliphatic heterocycles. The highest BCUT2D eigenvalue weighted by atomic mass is 16.4. The second-order valence-electron chi connectivity index (χ2n) is 6.07. The maximum absolute atomic E-state index is 10.5. The molecular formula is C19H34O3. The number of hydrogen-bond acceptors (Lipinski definition) is 2. The fraction of sp³-hybridized carbons (Fsp3) is 0.737. The van der Waals surface area contributed by atoms with Gasteiger partial charge in [0, 0.05) is 13.0 Å². The lowest BCUT2D eigenvalue weighted by Crippen LogP contribution is -2.00.